The van der Waals surface area contributed by atoms with Crippen molar-refractivity contribution in [3.63, 3.8) is 0 Å². The van der Waals surface area contributed by atoms with E-state index < -0.39 is 0 Å². The quantitative estimate of drug-likeness (QED) is 0.835. The molecule has 94 valence electrons. The van der Waals surface area contributed by atoms with Crippen molar-refractivity contribution in [1.29, 1.82) is 0 Å². The minimum absolute atomic E-state index is 0.163. The summed E-state index contributed by atoms with van der Waals surface area (Å²) in [6, 6.07) is 8.06. The topological polar surface area (TPSA) is 49.0 Å². The number of nitrogens with zero attached hydrogens (tertiary/aromatic N) is 2. The maximum Gasteiger partial charge on any atom is 0.219 e. The smallest absolute Gasteiger partial charge is 0.219 e. The van der Waals surface area contributed by atoms with E-state index in [4.69, 9.17) is 0 Å². The number of nitrogens with one attached hydrogen (secondary N) is 1. The van der Waals surface area contributed by atoms with Gasteiger partial charge in [0.1, 0.15) is 5.82 Å². The van der Waals surface area contributed by atoms with Crippen LogP contribution in [0.2, 0.25) is 0 Å². The number of carbonyl (C=O) groups excluding carboxylic acids is 1. The van der Waals surface area contributed by atoms with Crippen LogP contribution < -0.4 is 0 Å². The van der Waals surface area contributed by atoms with Crippen molar-refractivity contribution in [3.8, 4) is 0 Å². The summed E-state index contributed by atoms with van der Waals surface area (Å²) in [5, 5.41) is 0. The highest BCUT2D eigenvalue weighted by molar-refractivity contribution is 5.75. The normalized spacial score (nSPS) is 20.3. The molecule has 0 unspecified atom stereocenters. The highest BCUT2D eigenvalue weighted by Gasteiger charge is 2.24. The average Bonchev–Trinajstić information content (AvgIpc) is 2.82. The Hall–Kier alpha value is -1.84. The number of likely N-dealkylation sites (tertiary alicyclic amines) is 1. The number of fused-ring (bicyclic) bond motifs is 1. The summed E-state index contributed by atoms with van der Waals surface area (Å²) < 4.78 is 0. The minimum Gasteiger partial charge on any atom is -0.342 e. The first-order chi connectivity index (χ1) is 8.74. The van der Waals surface area contributed by atoms with Gasteiger partial charge in [-0.05, 0) is 25.0 Å². The van der Waals surface area contributed by atoms with Gasteiger partial charge in [-0.15, -0.1) is 0 Å². The van der Waals surface area contributed by atoms with Gasteiger partial charge >= 0.3 is 0 Å². The highest BCUT2D eigenvalue weighted by atomic mass is 16.2. The number of aromatic nitrogens is 2. The predicted molar refractivity (Wildman–Crippen MR) is 70.3 cm³/mol. The fourth-order valence-corrected chi connectivity index (χ4v) is 2.65. The Morgan fingerprint density at radius 1 is 1.44 bits per heavy atom. The average molecular weight is 243 g/mol. The zero-order chi connectivity index (χ0) is 12.5. The van der Waals surface area contributed by atoms with E-state index >= 15 is 0 Å². The summed E-state index contributed by atoms with van der Waals surface area (Å²) in [6.07, 6.45) is 2.16. The molecule has 1 aromatic carbocycles. The molecule has 0 radical (unpaired) electrons. The summed E-state index contributed by atoms with van der Waals surface area (Å²) in [5.74, 6) is 1.52. The molecule has 1 N–H and O–H groups in total. The molecule has 1 aliphatic rings. The number of para-hydroxylation sites is 2. The lowest BCUT2D eigenvalue weighted by molar-refractivity contribution is -0.130. The number of piperidine rings is 1. The molecule has 1 fully saturated rings. The van der Waals surface area contributed by atoms with Gasteiger partial charge in [-0.25, -0.2) is 4.98 Å². The number of rotatable bonds is 1. The number of imidazole rings is 1. The molecule has 0 saturated carbocycles. The van der Waals surface area contributed by atoms with Gasteiger partial charge in [-0.1, -0.05) is 12.1 Å². The van der Waals surface area contributed by atoms with Crippen LogP contribution in [0.5, 0.6) is 0 Å². The predicted octanol–water partition coefficient (Wildman–Crippen LogP) is 2.29. The fourth-order valence-electron chi connectivity index (χ4n) is 2.65. The zero-order valence-corrected chi connectivity index (χ0v) is 10.5. The number of hydrogen-bond donors (Lipinski definition) is 1. The molecule has 1 atom stereocenters. The molecule has 18 heavy (non-hydrogen) atoms. The van der Waals surface area contributed by atoms with Crippen molar-refractivity contribution in [1.82, 2.24) is 14.9 Å². The molecular weight excluding hydrogens is 226 g/mol. The van der Waals surface area contributed by atoms with Crippen LogP contribution in [-0.4, -0.2) is 33.9 Å². The maximum atomic E-state index is 11.4. The number of amides is 1. The molecule has 2 aromatic rings. The molecular formula is C14H17N3O. The number of aromatic amines is 1. The van der Waals surface area contributed by atoms with Crippen molar-refractivity contribution in [3.05, 3.63) is 30.1 Å². The Morgan fingerprint density at radius 3 is 3.06 bits per heavy atom. The van der Waals surface area contributed by atoms with E-state index in [1.165, 1.54) is 0 Å². The molecule has 0 spiro atoms. The lowest BCUT2D eigenvalue weighted by atomic mass is 9.97. The second kappa shape index (κ2) is 4.44. The van der Waals surface area contributed by atoms with Crippen molar-refractivity contribution < 1.29 is 4.79 Å². The minimum atomic E-state index is 0.163. The van der Waals surface area contributed by atoms with Crippen molar-refractivity contribution >= 4 is 16.9 Å². The van der Waals surface area contributed by atoms with E-state index in [1.807, 2.05) is 29.2 Å². The molecule has 1 aliphatic heterocycles. The van der Waals surface area contributed by atoms with Gasteiger partial charge in [-0.3, -0.25) is 4.79 Å². The van der Waals surface area contributed by atoms with Gasteiger partial charge < -0.3 is 9.88 Å². The van der Waals surface area contributed by atoms with Crippen LogP contribution in [0.4, 0.5) is 0 Å². The Kier molecular flexibility index (Phi) is 2.78. The lowest BCUT2D eigenvalue weighted by Gasteiger charge is -2.30. The fraction of sp³-hybridized carbons (Fsp3) is 0.429. The maximum absolute atomic E-state index is 11.4. The first-order valence-corrected chi connectivity index (χ1v) is 6.44. The Bertz CT molecular complexity index is 542. The summed E-state index contributed by atoms with van der Waals surface area (Å²) in [7, 11) is 0. The van der Waals surface area contributed by atoms with Crippen LogP contribution in [-0.2, 0) is 4.79 Å². The molecule has 1 saturated heterocycles. The molecule has 4 heteroatoms. The van der Waals surface area contributed by atoms with E-state index in [-0.39, 0.29) is 5.91 Å². The van der Waals surface area contributed by atoms with Crippen LogP contribution in [0.15, 0.2) is 24.3 Å². The van der Waals surface area contributed by atoms with E-state index in [1.54, 1.807) is 6.92 Å². The van der Waals surface area contributed by atoms with Crippen LogP contribution in [0.25, 0.3) is 11.0 Å². The van der Waals surface area contributed by atoms with Crippen molar-refractivity contribution in [2.24, 2.45) is 0 Å². The van der Waals surface area contributed by atoms with Gasteiger partial charge in [0.15, 0.2) is 0 Å². The number of hydrogen-bond acceptors (Lipinski definition) is 2. The Labute approximate surface area is 106 Å². The third-order valence-electron chi connectivity index (χ3n) is 3.66. The van der Waals surface area contributed by atoms with E-state index in [0.29, 0.717) is 5.92 Å². The number of benzene rings is 1. The van der Waals surface area contributed by atoms with E-state index in [2.05, 4.69) is 9.97 Å². The first-order valence-electron chi connectivity index (χ1n) is 6.44. The van der Waals surface area contributed by atoms with Crippen LogP contribution in [0.3, 0.4) is 0 Å². The molecule has 1 amide bonds. The zero-order valence-electron chi connectivity index (χ0n) is 10.5. The molecule has 0 aliphatic carbocycles. The summed E-state index contributed by atoms with van der Waals surface area (Å²) in [5.41, 5.74) is 2.08. The molecule has 4 nitrogen and oxygen atoms in total. The van der Waals surface area contributed by atoms with Gasteiger partial charge in [0, 0.05) is 25.9 Å². The second-order valence-corrected chi connectivity index (χ2v) is 4.94. The largest absolute Gasteiger partial charge is 0.342 e. The summed E-state index contributed by atoms with van der Waals surface area (Å²) in [4.78, 5) is 21.4. The van der Waals surface area contributed by atoms with E-state index in [9.17, 15) is 4.79 Å². The monoisotopic (exact) mass is 243 g/mol. The van der Waals surface area contributed by atoms with Crippen LogP contribution in [0, 0.1) is 0 Å². The SMILES string of the molecule is CC(=O)N1CCC[C@H](c2nc3ccccc3[nH]2)C1. The van der Waals surface area contributed by atoms with Gasteiger partial charge in [0.05, 0.1) is 11.0 Å². The van der Waals surface area contributed by atoms with Crippen molar-refractivity contribution in [2.75, 3.05) is 13.1 Å². The molecule has 2 heterocycles. The third kappa shape index (κ3) is 1.98. The van der Waals surface area contributed by atoms with Gasteiger partial charge in [0.25, 0.3) is 0 Å². The first kappa shape index (κ1) is 11.3. The molecule has 1 aromatic heterocycles. The molecule has 0 bridgehead atoms. The van der Waals surface area contributed by atoms with Gasteiger partial charge in [0.2, 0.25) is 5.91 Å². The summed E-state index contributed by atoms with van der Waals surface area (Å²) in [6.45, 7) is 3.31. The van der Waals surface area contributed by atoms with Gasteiger partial charge in [-0.2, -0.15) is 0 Å². The lowest BCUT2D eigenvalue weighted by Crippen LogP contribution is -2.37. The number of H-pyrrole nitrogens is 1. The van der Waals surface area contributed by atoms with Crippen molar-refractivity contribution in [2.45, 2.75) is 25.7 Å². The summed E-state index contributed by atoms with van der Waals surface area (Å²) >= 11 is 0. The molecule has 3 rings (SSSR count). The van der Waals surface area contributed by atoms with E-state index in [0.717, 1.165) is 42.8 Å². The Morgan fingerprint density at radius 2 is 2.28 bits per heavy atom. The standard InChI is InChI=1S/C14H17N3O/c1-10(18)17-8-4-5-11(9-17)14-15-12-6-2-3-7-13(12)16-14/h2-3,6-7,11H,4-5,8-9H2,1H3,(H,15,16)/t11-/m0/s1. The number of carbonyl (C=O) groups is 1. The van der Waals surface area contributed by atoms with Crippen LogP contribution in [0.1, 0.15) is 31.5 Å². The highest BCUT2D eigenvalue weighted by Crippen LogP contribution is 2.26. The third-order valence-corrected chi connectivity index (χ3v) is 3.66. The van der Waals surface area contributed by atoms with Crippen LogP contribution >= 0.6 is 0 Å². The Balaban J connectivity index is 1.87. The second-order valence-electron chi connectivity index (χ2n) is 4.94.